The molecule has 3 rings (SSSR count). The van der Waals surface area contributed by atoms with Crippen LogP contribution in [-0.4, -0.2) is 46.4 Å². The summed E-state index contributed by atoms with van der Waals surface area (Å²) >= 11 is 0. The Morgan fingerprint density at radius 3 is 2.16 bits per heavy atom. The molecule has 0 aliphatic rings. The molecular formula is C36H44N4O5. The quantitative estimate of drug-likeness (QED) is 0.219. The maximum atomic E-state index is 14.5. The van der Waals surface area contributed by atoms with E-state index in [2.05, 4.69) is 30.4 Å². The zero-order valence-corrected chi connectivity index (χ0v) is 26.9. The van der Waals surface area contributed by atoms with Gasteiger partial charge in [-0.1, -0.05) is 62.2 Å². The molecule has 238 valence electrons. The highest BCUT2D eigenvalue weighted by molar-refractivity contribution is 6.01. The molecule has 0 heterocycles. The van der Waals surface area contributed by atoms with E-state index in [1.165, 1.54) is 4.90 Å². The van der Waals surface area contributed by atoms with Crippen LogP contribution >= 0.6 is 0 Å². The molecule has 45 heavy (non-hydrogen) atoms. The standard InChI is InChI=1S/C36H44N4O5/c1-8-25-15-17-27(18-16-25)32(33(42)38-29-20-19-26-11-9-10-12-28(26)21-29)40(24(4)14-13-23(2)3)34(43)30(22-31(37)41)39-35(44)45-36(5,6)7/h1,9-12,15-21,23-24,30,32H,13-14,22H2,2-7H3,(H2,37,41)(H,38,42)(H,39,44). The third-order valence-electron chi connectivity index (χ3n) is 7.22. The van der Waals surface area contributed by atoms with Gasteiger partial charge in [0, 0.05) is 17.3 Å². The summed E-state index contributed by atoms with van der Waals surface area (Å²) in [6.07, 6.45) is 5.55. The van der Waals surface area contributed by atoms with Gasteiger partial charge in [-0.15, -0.1) is 6.42 Å². The topological polar surface area (TPSA) is 131 Å². The maximum absolute atomic E-state index is 14.5. The second-order valence-electron chi connectivity index (χ2n) is 12.7. The fraction of sp³-hybridized carbons (Fsp3) is 0.389. The number of nitrogens with one attached hydrogen (secondary N) is 2. The number of carbonyl (C=O) groups excluding carboxylic acids is 4. The second kappa shape index (κ2) is 15.2. The Bertz CT molecular complexity index is 1550. The van der Waals surface area contributed by atoms with Crippen LogP contribution in [0.2, 0.25) is 0 Å². The molecule has 4 N–H and O–H groups in total. The SMILES string of the molecule is C#Cc1ccc(C(C(=O)Nc2ccc3ccccc3c2)N(C(=O)C(CC(N)=O)NC(=O)OC(C)(C)C)C(C)CCC(C)C)cc1. The number of primary amides is 1. The van der Waals surface area contributed by atoms with Gasteiger partial charge < -0.3 is 26.0 Å². The number of rotatable bonds is 12. The van der Waals surface area contributed by atoms with Crippen molar-refractivity contribution >= 4 is 40.3 Å². The molecule has 0 spiro atoms. The number of ether oxygens (including phenoxy) is 1. The summed E-state index contributed by atoms with van der Waals surface area (Å²) in [7, 11) is 0. The highest BCUT2D eigenvalue weighted by atomic mass is 16.6. The Balaban J connectivity index is 2.12. The number of hydrogen-bond acceptors (Lipinski definition) is 5. The maximum Gasteiger partial charge on any atom is 0.408 e. The number of alkyl carbamates (subject to hydrolysis) is 1. The van der Waals surface area contributed by atoms with E-state index >= 15 is 0 Å². The molecule has 9 heteroatoms. The molecule has 0 fully saturated rings. The lowest BCUT2D eigenvalue weighted by Gasteiger charge is -2.38. The lowest BCUT2D eigenvalue weighted by atomic mass is 9.96. The highest BCUT2D eigenvalue weighted by Gasteiger charge is 2.39. The number of fused-ring (bicyclic) bond motifs is 1. The summed E-state index contributed by atoms with van der Waals surface area (Å²) in [4.78, 5) is 55.2. The van der Waals surface area contributed by atoms with Gasteiger partial charge in [-0.2, -0.15) is 0 Å². The predicted octanol–water partition coefficient (Wildman–Crippen LogP) is 5.92. The van der Waals surface area contributed by atoms with E-state index in [0.717, 1.165) is 17.2 Å². The molecule has 0 radical (unpaired) electrons. The van der Waals surface area contributed by atoms with Crippen LogP contribution in [0.4, 0.5) is 10.5 Å². The number of nitrogens with zero attached hydrogens (tertiary/aromatic N) is 1. The first kappa shape index (κ1) is 34.6. The minimum absolute atomic E-state index is 0.325. The van der Waals surface area contributed by atoms with Gasteiger partial charge in [-0.25, -0.2) is 4.79 Å². The number of nitrogens with two attached hydrogens (primary N) is 1. The van der Waals surface area contributed by atoms with Crippen molar-refractivity contribution in [2.45, 2.75) is 84.5 Å². The average molecular weight is 613 g/mol. The monoisotopic (exact) mass is 612 g/mol. The van der Waals surface area contributed by atoms with Crippen LogP contribution in [0.5, 0.6) is 0 Å². The molecule has 3 aromatic carbocycles. The Morgan fingerprint density at radius 2 is 1.58 bits per heavy atom. The van der Waals surface area contributed by atoms with Crippen molar-refractivity contribution in [2.24, 2.45) is 11.7 Å². The number of anilines is 1. The van der Waals surface area contributed by atoms with Gasteiger partial charge in [0.25, 0.3) is 5.91 Å². The van der Waals surface area contributed by atoms with Crippen molar-refractivity contribution in [3.8, 4) is 12.3 Å². The van der Waals surface area contributed by atoms with Crippen molar-refractivity contribution in [1.29, 1.82) is 0 Å². The van der Waals surface area contributed by atoms with Crippen LogP contribution in [0.15, 0.2) is 66.7 Å². The molecule has 0 aliphatic heterocycles. The normalized spacial score (nSPS) is 13.3. The fourth-order valence-electron chi connectivity index (χ4n) is 5.02. The number of hydrogen-bond donors (Lipinski definition) is 3. The Kier molecular flexibility index (Phi) is 11.7. The summed E-state index contributed by atoms with van der Waals surface area (Å²) in [5.41, 5.74) is 6.35. The van der Waals surface area contributed by atoms with Gasteiger partial charge in [0.1, 0.15) is 17.7 Å². The Hall–Kier alpha value is -4.84. The van der Waals surface area contributed by atoms with Crippen molar-refractivity contribution in [1.82, 2.24) is 10.2 Å². The van der Waals surface area contributed by atoms with Crippen molar-refractivity contribution in [3.05, 3.63) is 77.9 Å². The van der Waals surface area contributed by atoms with E-state index in [-0.39, 0.29) is 0 Å². The first-order valence-electron chi connectivity index (χ1n) is 15.1. The third kappa shape index (κ3) is 10.1. The smallest absolute Gasteiger partial charge is 0.408 e. The first-order valence-corrected chi connectivity index (χ1v) is 15.1. The lowest BCUT2D eigenvalue weighted by molar-refractivity contribution is -0.144. The molecular weight excluding hydrogens is 568 g/mol. The van der Waals surface area contributed by atoms with E-state index < -0.39 is 54.0 Å². The van der Waals surface area contributed by atoms with E-state index in [1.54, 1.807) is 51.1 Å². The number of carbonyl (C=O) groups is 4. The van der Waals surface area contributed by atoms with Gasteiger partial charge in [0.15, 0.2) is 0 Å². The van der Waals surface area contributed by atoms with Crippen molar-refractivity contribution in [3.63, 3.8) is 0 Å². The van der Waals surface area contributed by atoms with Gasteiger partial charge >= 0.3 is 6.09 Å². The van der Waals surface area contributed by atoms with Crippen molar-refractivity contribution < 1.29 is 23.9 Å². The van der Waals surface area contributed by atoms with Crippen molar-refractivity contribution in [2.75, 3.05) is 5.32 Å². The summed E-state index contributed by atoms with van der Waals surface area (Å²) in [6, 6.07) is 17.2. The first-order chi connectivity index (χ1) is 21.2. The highest BCUT2D eigenvalue weighted by Crippen LogP contribution is 2.30. The van der Waals surface area contributed by atoms with Crippen LogP contribution in [0.1, 0.15) is 78.0 Å². The lowest BCUT2D eigenvalue weighted by Crippen LogP contribution is -2.55. The molecule has 4 amide bonds. The molecule has 0 saturated carbocycles. The fourth-order valence-corrected chi connectivity index (χ4v) is 5.02. The number of benzene rings is 3. The summed E-state index contributed by atoms with van der Waals surface area (Å²) in [5, 5.41) is 7.47. The number of amides is 4. The van der Waals surface area contributed by atoms with E-state index in [0.29, 0.717) is 29.2 Å². The van der Waals surface area contributed by atoms with Gasteiger partial charge in [-0.3, -0.25) is 14.4 Å². The van der Waals surface area contributed by atoms with Crippen LogP contribution in [0.3, 0.4) is 0 Å². The Morgan fingerprint density at radius 1 is 0.933 bits per heavy atom. The van der Waals surface area contributed by atoms with Gasteiger partial charge in [0.2, 0.25) is 11.8 Å². The minimum Gasteiger partial charge on any atom is -0.444 e. The minimum atomic E-state index is -1.38. The van der Waals surface area contributed by atoms with E-state index in [1.807, 2.05) is 43.3 Å². The average Bonchev–Trinajstić information content (AvgIpc) is 2.96. The van der Waals surface area contributed by atoms with Crippen LogP contribution < -0.4 is 16.4 Å². The molecule has 9 nitrogen and oxygen atoms in total. The second-order valence-corrected chi connectivity index (χ2v) is 12.7. The zero-order chi connectivity index (χ0) is 33.3. The van der Waals surface area contributed by atoms with E-state index in [4.69, 9.17) is 16.9 Å². The molecule has 3 atom stereocenters. The van der Waals surface area contributed by atoms with Gasteiger partial charge in [0.05, 0.1) is 6.42 Å². The molecule has 0 bridgehead atoms. The molecule has 0 saturated heterocycles. The molecule has 3 aromatic rings. The molecule has 3 unspecified atom stereocenters. The zero-order valence-electron chi connectivity index (χ0n) is 26.9. The van der Waals surface area contributed by atoms with Crippen LogP contribution in [0.25, 0.3) is 10.8 Å². The van der Waals surface area contributed by atoms with Gasteiger partial charge in [-0.05, 0) is 87.1 Å². The largest absolute Gasteiger partial charge is 0.444 e. The summed E-state index contributed by atoms with van der Waals surface area (Å²) < 4.78 is 5.38. The summed E-state index contributed by atoms with van der Waals surface area (Å²) in [5.74, 6) is 0.984. The Labute approximate surface area is 265 Å². The summed E-state index contributed by atoms with van der Waals surface area (Å²) in [6.45, 7) is 11.0. The molecule has 0 aliphatic carbocycles. The van der Waals surface area contributed by atoms with Crippen LogP contribution in [0, 0.1) is 18.3 Å². The molecule has 0 aromatic heterocycles. The van der Waals surface area contributed by atoms with Crippen LogP contribution in [-0.2, 0) is 19.1 Å². The predicted molar refractivity (Wildman–Crippen MR) is 177 cm³/mol. The van der Waals surface area contributed by atoms with E-state index in [9.17, 15) is 19.2 Å². The number of terminal acetylenes is 1. The third-order valence-corrected chi connectivity index (χ3v) is 7.22.